The minimum atomic E-state index is 0.0390. The van der Waals surface area contributed by atoms with Gasteiger partial charge in [0.2, 0.25) is 5.91 Å². The Hall–Kier alpha value is -2.02. The first-order chi connectivity index (χ1) is 10.3. The van der Waals surface area contributed by atoms with Crippen LogP contribution in [-0.4, -0.2) is 39.6 Å². The number of amides is 1. The summed E-state index contributed by atoms with van der Waals surface area (Å²) in [6.07, 6.45) is 3.81. The van der Waals surface area contributed by atoms with Crippen LogP contribution in [0.25, 0.3) is 5.69 Å². The molecule has 1 aromatic heterocycles. The summed E-state index contributed by atoms with van der Waals surface area (Å²) in [5.41, 5.74) is 0.857. The number of benzene rings is 1. The Kier molecular flexibility index (Phi) is 4.10. The van der Waals surface area contributed by atoms with Crippen LogP contribution in [0.3, 0.4) is 0 Å². The lowest BCUT2D eigenvalue weighted by Crippen LogP contribution is -2.27. The van der Waals surface area contributed by atoms with E-state index in [-0.39, 0.29) is 5.91 Å². The molecule has 6 nitrogen and oxygen atoms in total. The fourth-order valence-electron chi connectivity index (χ4n) is 1.94. The van der Waals surface area contributed by atoms with E-state index in [1.54, 1.807) is 13.4 Å². The first kappa shape index (κ1) is 13.9. The number of aromatic nitrogens is 3. The quantitative estimate of drug-likeness (QED) is 0.822. The SMILES string of the molecule is COc1ccccc1-n1cnnc1SCC(=O)NC1CC1. The maximum Gasteiger partial charge on any atom is 0.230 e. The number of carbonyl (C=O) groups excluding carboxylic acids is 1. The van der Waals surface area contributed by atoms with Crippen molar-refractivity contribution in [2.24, 2.45) is 0 Å². The molecular formula is C14H16N4O2S. The highest BCUT2D eigenvalue weighted by atomic mass is 32.2. The van der Waals surface area contributed by atoms with Crippen molar-refractivity contribution < 1.29 is 9.53 Å². The fraction of sp³-hybridized carbons (Fsp3) is 0.357. The number of carbonyl (C=O) groups is 1. The van der Waals surface area contributed by atoms with Crippen LogP contribution >= 0.6 is 11.8 Å². The van der Waals surface area contributed by atoms with Crippen LogP contribution in [0.5, 0.6) is 5.75 Å². The molecule has 1 amide bonds. The second-order valence-electron chi connectivity index (χ2n) is 4.79. The maximum atomic E-state index is 11.7. The fourth-order valence-corrected chi connectivity index (χ4v) is 2.68. The van der Waals surface area contributed by atoms with Crippen LogP contribution in [0.1, 0.15) is 12.8 Å². The summed E-state index contributed by atoms with van der Waals surface area (Å²) in [5, 5.41) is 11.6. The van der Waals surface area contributed by atoms with Gasteiger partial charge in [-0.25, -0.2) is 0 Å². The third-order valence-electron chi connectivity index (χ3n) is 3.14. The Bertz CT molecular complexity index is 639. The zero-order chi connectivity index (χ0) is 14.7. The highest BCUT2D eigenvalue weighted by Crippen LogP contribution is 2.26. The average Bonchev–Trinajstić information content (AvgIpc) is 3.19. The lowest BCUT2D eigenvalue weighted by Gasteiger charge is -2.10. The summed E-state index contributed by atoms with van der Waals surface area (Å²) in [5.74, 6) is 1.11. The average molecular weight is 304 g/mol. The molecule has 0 aliphatic heterocycles. The van der Waals surface area contributed by atoms with Crippen molar-refractivity contribution in [1.82, 2.24) is 20.1 Å². The van der Waals surface area contributed by atoms with Gasteiger partial charge in [0.05, 0.1) is 18.6 Å². The summed E-state index contributed by atoms with van der Waals surface area (Å²) < 4.78 is 7.17. The number of para-hydroxylation sites is 2. The van der Waals surface area contributed by atoms with Gasteiger partial charge in [0.1, 0.15) is 12.1 Å². The van der Waals surface area contributed by atoms with Gasteiger partial charge < -0.3 is 10.1 Å². The molecule has 1 saturated carbocycles. The first-order valence-corrected chi connectivity index (χ1v) is 7.72. The summed E-state index contributed by atoms with van der Waals surface area (Å²) in [7, 11) is 1.62. The second-order valence-corrected chi connectivity index (χ2v) is 5.73. The van der Waals surface area contributed by atoms with Crippen LogP contribution in [0.4, 0.5) is 0 Å². The van der Waals surface area contributed by atoms with Gasteiger partial charge in [0.15, 0.2) is 5.16 Å². The van der Waals surface area contributed by atoms with Crippen LogP contribution in [0.15, 0.2) is 35.7 Å². The zero-order valence-corrected chi connectivity index (χ0v) is 12.5. The van der Waals surface area contributed by atoms with E-state index >= 15 is 0 Å². The smallest absolute Gasteiger partial charge is 0.230 e. The largest absolute Gasteiger partial charge is 0.495 e. The summed E-state index contributed by atoms with van der Waals surface area (Å²) in [6, 6.07) is 8.01. The van der Waals surface area contributed by atoms with E-state index in [2.05, 4.69) is 15.5 Å². The van der Waals surface area contributed by atoms with Gasteiger partial charge in [-0.05, 0) is 25.0 Å². The highest BCUT2D eigenvalue weighted by Gasteiger charge is 2.23. The molecule has 1 aliphatic rings. The molecule has 1 heterocycles. The second kappa shape index (κ2) is 6.17. The maximum absolute atomic E-state index is 11.7. The molecule has 1 aromatic carbocycles. The number of rotatable bonds is 6. The highest BCUT2D eigenvalue weighted by molar-refractivity contribution is 7.99. The van der Waals surface area contributed by atoms with Gasteiger partial charge in [0.25, 0.3) is 0 Å². The van der Waals surface area contributed by atoms with Gasteiger partial charge >= 0.3 is 0 Å². The summed E-state index contributed by atoms with van der Waals surface area (Å²) in [4.78, 5) is 11.7. The van der Waals surface area contributed by atoms with E-state index in [1.165, 1.54) is 11.8 Å². The summed E-state index contributed by atoms with van der Waals surface area (Å²) >= 11 is 1.37. The van der Waals surface area contributed by atoms with E-state index in [4.69, 9.17) is 4.74 Å². The van der Waals surface area contributed by atoms with Gasteiger partial charge in [0, 0.05) is 6.04 Å². The molecule has 1 fully saturated rings. The molecule has 2 aromatic rings. The monoisotopic (exact) mass is 304 g/mol. The number of hydrogen-bond donors (Lipinski definition) is 1. The molecule has 110 valence electrons. The molecule has 21 heavy (non-hydrogen) atoms. The van der Waals surface area contributed by atoms with Gasteiger partial charge in [-0.1, -0.05) is 23.9 Å². The van der Waals surface area contributed by atoms with E-state index in [0.29, 0.717) is 17.0 Å². The van der Waals surface area contributed by atoms with Crippen LogP contribution in [-0.2, 0) is 4.79 Å². The Morgan fingerprint density at radius 3 is 3.05 bits per heavy atom. The molecule has 0 spiro atoms. The van der Waals surface area contributed by atoms with Gasteiger partial charge in [-0.3, -0.25) is 9.36 Å². The third-order valence-corrected chi connectivity index (χ3v) is 4.08. The normalized spacial score (nSPS) is 14.0. The van der Waals surface area contributed by atoms with Crippen LogP contribution in [0, 0.1) is 0 Å². The van der Waals surface area contributed by atoms with Crippen molar-refractivity contribution in [3.05, 3.63) is 30.6 Å². The molecule has 1 N–H and O–H groups in total. The number of nitrogens with one attached hydrogen (secondary N) is 1. The predicted octanol–water partition coefficient (Wildman–Crippen LogP) is 1.65. The van der Waals surface area contributed by atoms with Gasteiger partial charge in [-0.15, -0.1) is 10.2 Å². The molecule has 0 radical (unpaired) electrons. The molecule has 0 saturated heterocycles. The third kappa shape index (κ3) is 3.36. The van der Waals surface area contributed by atoms with Crippen molar-refractivity contribution in [3.63, 3.8) is 0 Å². The van der Waals surface area contributed by atoms with E-state index < -0.39 is 0 Å². The lowest BCUT2D eigenvalue weighted by atomic mass is 10.3. The molecule has 0 atom stereocenters. The molecule has 0 unspecified atom stereocenters. The van der Waals surface area contributed by atoms with Crippen molar-refractivity contribution >= 4 is 17.7 Å². The zero-order valence-electron chi connectivity index (χ0n) is 11.7. The van der Waals surface area contributed by atoms with Gasteiger partial charge in [-0.2, -0.15) is 0 Å². The minimum absolute atomic E-state index is 0.0390. The molecule has 1 aliphatic carbocycles. The van der Waals surface area contributed by atoms with Crippen molar-refractivity contribution in [2.45, 2.75) is 24.0 Å². The molecular weight excluding hydrogens is 288 g/mol. The summed E-state index contributed by atoms with van der Waals surface area (Å²) in [6.45, 7) is 0. The number of ether oxygens (including phenoxy) is 1. The molecule has 3 rings (SSSR count). The number of thioether (sulfide) groups is 1. The van der Waals surface area contributed by atoms with E-state index in [9.17, 15) is 4.79 Å². The Balaban J connectivity index is 1.72. The van der Waals surface area contributed by atoms with Crippen LogP contribution in [0.2, 0.25) is 0 Å². The Morgan fingerprint density at radius 1 is 1.48 bits per heavy atom. The number of nitrogens with zero attached hydrogens (tertiary/aromatic N) is 3. The van der Waals surface area contributed by atoms with Crippen molar-refractivity contribution in [1.29, 1.82) is 0 Å². The Morgan fingerprint density at radius 2 is 2.29 bits per heavy atom. The Labute approximate surface area is 126 Å². The lowest BCUT2D eigenvalue weighted by molar-refractivity contribution is -0.118. The standard InChI is InChI=1S/C14H16N4O2S/c1-20-12-5-3-2-4-11(12)18-9-15-17-14(18)21-8-13(19)16-10-6-7-10/h2-5,9-10H,6-8H2,1H3,(H,16,19). The van der Waals surface area contributed by atoms with Crippen LogP contribution < -0.4 is 10.1 Å². The first-order valence-electron chi connectivity index (χ1n) is 6.73. The number of methoxy groups -OCH3 is 1. The molecule has 0 bridgehead atoms. The minimum Gasteiger partial charge on any atom is -0.495 e. The van der Waals surface area contributed by atoms with Crippen molar-refractivity contribution in [3.8, 4) is 11.4 Å². The predicted molar refractivity (Wildman–Crippen MR) is 79.8 cm³/mol. The topological polar surface area (TPSA) is 69.0 Å². The van der Waals surface area contributed by atoms with Crippen molar-refractivity contribution in [2.75, 3.05) is 12.9 Å². The number of hydrogen-bond acceptors (Lipinski definition) is 5. The van der Waals surface area contributed by atoms with E-state index in [0.717, 1.165) is 24.3 Å². The van der Waals surface area contributed by atoms with E-state index in [1.807, 2.05) is 28.8 Å². The molecule has 7 heteroatoms.